The minimum Gasteiger partial charge on any atom is -0.478 e. The molecule has 1 aliphatic heterocycles. The molecule has 1 saturated heterocycles. The van der Waals surface area contributed by atoms with Gasteiger partial charge in [-0.3, -0.25) is 4.98 Å². The SMILES string of the molecule is CC(Nc1ccc(F)c(F)c1)c1cc(C(=O)O)cc2ncc(N3CCOCC3)nc12. The number of benzene rings is 2. The van der Waals surface area contributed by atoms with Crippen molar-refractivity contribution < 1.29 is 23.4 Å². The molecule has 0 spiro atoms. The second-order valence-corrected chi connectivity index (χ2v) is 7.06. The summed E-state index contributed by atoms with van der Waals surface area (Å²) < 4.78 is 32.2. The third-order valence-corrected chi connectivity index (χ3v) is 5.02. The molecule has 156 valence electrons. The van der Waals surface area contributed by atoms with E-state index in [-0.39, 0.29) is 5.56 Å². The number of nitrogens with zero attached hydrogens (tertiary/aromatic N) is 3. The van der Waals surface area contributed by atoms with Crippen LogP contribution in [0.4, 0.5) is 20.3 Å². The van der Waals surface area contributed by atoms with Crippen LogP contribution in [-0.2, 0) is 4.74 Å². The van der Waals surface area contributed by atoms with Crippen LogP contribution in [-0.4, -0.2) is 47.3 Å². The Morgan fingerprint density at radius 3 is 2.67 bits per heavy atom. The Morgan fingerprint density at radius 1 is 1.20 bits per heavy atom. The van der Waals surface area contributed by atoms with Crippen molar-refractivity contribution in [3.8, 4) is 0 Å². The maximum absolute atomic E-state index is 13.6. The van der Waals surface area contributed by atoms with E-state index in [9.17, 15) is 18.7 Å². The fourth-order valence-corrected chi connectivity index (χ4v) is 3.44. The number of halogens is 2. The van der Waals surface area contributed by atoms with Gasteiger partial charge in [0.15, 0.2) is 11.6 Å². The van der Waals surface area contributed by atoms with E-state index < -0.39 is 23.6 Å². The molecule has 0 radical (unpaired) electrons. The van der Waals surface area contributed by atoms with E-state index in [1.807, 2.05) is 0 Å². The molecule has 0 aliphatic carbocycles. The molecule has 30 heavy (non-hydrogen) atoms. The lowest BCUT2D eigenvalue weighted by molar-refractivity contribution is 0.0697. The topological polar surface area (TPSA) is 87.6 Å². The maximum Gasteiger partial charge on any atom is 0.335 e. The van der Waals surface area contributed by atoms with E-state index >= 15 is 0 Å². The van der Waals surface area contributed by atoms with E-state index in [4.69, 9.17) is 9.72 Å². The van der Waals surface area contributed by atoms with E-state index in [1.165, 1.54) is 18.2 Å². The lowest BCUT2D eigenvalue weighted by Gasteiger charge is -2.28. The van der Waals surface area contributed by atoms with Gasteiger partial charge in [0, 0.05) is 30.4 Å². The van der Waals surface area contributed by atoms with Gasteiger partial charge in [-0.15, -0.1) is 0 Å². The molecule has 7 nitrogen and oxygen atoms in total. The number of carbonyl (C=O) groups is 1. The number of carboxylic acids is 1. The molecule has 2 heterocycles. The van der Waals surface area contributed by atoms with Crippen molar-refractivity contribution in [1.29, 1.82) is 0 Å². The van der Waals surface area contributed by atoms with Gasteiger partial charge in [-0.1, -0.05) is 0 Å². The Hall–Kier alpha value is -3.33. The number of ether oxygens (including phenoxy) is 1. The predicted molar refractivity (Wildman–Crippen MR) is 108 cm³/mol. The lowest BCUT2D eigenvalue weighted by Crippen LogP contribution is -2.36. The normalized spacial score (nSPS) is 15.2. The third kappa shape index (κ3) is 4.02. The summed E-state index contributed by atoms with van der Waals surface area (Å²) in [4.78, 5) is 22.8. The Labute approximate surface area is 171 Å². The number of aromatic carboxylic acids is 1. The summed E-state index contributed by atoms with van der Waals surface area (Å²) in [5.41, 5.74) is 2.03. The Morgan fingerprint density at radius 2 is 1.97 bits per heavy atom. The van der Waals surface area contributed by atoms with Crippen LogP contribution in [0.5, 0.6) is 0 Å². The van der Waals surface area contributed by atoms with Gasteiger partial charge in [-0.2, -0.15) is 0 Å². The second kappa shape index (κ2) is 8.19. The fraction of sp³-hybridized carbons (Fsp3) is 0.286. The zero-order valence-corrected chi connectivity index (χ0v) is 16.2. The van der Waals surface area contributed by atoms with Gasteiger partial charge in [0.25, 0.3) is 0 Å². The van der Waals surface area contributed by atoms with Crippen LogP contribution in [0.25, 0.3) is 11.0 Å². The smallest absolute Gasteiger partial charge is 0.335 e. The largest absolute Gasteiger partial charge is 0.478 e. The Bertz CT molecular complexity index is 1100. The molecule has 2 aromatic carbocycles. The molecule has 3 aromatic rings. The number of hydrogen-bond acceptors (Lipinski definition) is 6. The molecule has 1 unspecified atom stereocenters. The summed E-state index contributed by atoms with van der Waals surface area (Å²) in [5, 5.41) is 12.6. The first-order valence-corrected chi connectivity index (χ1v) is 9.50. The molecular formula is C21H20F2N4O3. The van der Waals surface area contributed by atoms with Gasteiger partial charge >= 0.3 is 5.97 Å². The summed E-state index contributed by atoms with van der Waals surface area (Å²) in [5.74, 6) is -2.31. The number of anilines is 2. The summed E-state index contributed by atoms with van der Waals surface area (Å²) in [7, 11) is 0. The zero-order chi connectivity index (χ0) is 21.3. The van der Waals surface area contributed by atoms with Gasteiger partial charge in [-0.05, 0) is 31.2 Å². The van der Waals surface area contributed by atoms with Crippen molar-refractivity contribution in [3.63, 3.8) is 0 Å². The molecule has 9 heteroatoms. The van der Waals surface area contributed by atoms with Gasteiger partial charge in [-0.25, -0.2) is 18.6 Å². The highest BCUT2D eigenvalue weighted by Gasteiger charge is 2.19. The maximum atomic E-state index is 13.6. The average molecular weight is 414 g/mol. The monoisotopic (exact) mass is 414 g/mol. The van der Waals surface area contributed by atoms with E-state index in [2.05, 4.69) is 15.2 Å². The second-order valence-electron chi connectivity index (χ2n) is 7.06. The van der Waals surface area contributed by atoms with Gasteiger partial charge in [0.1, 0.15) is 5.82 Å². The van der Waals surface area contributed by atoms with E-state index in [1.54, 1.807) is 13.1 Å². The number of fused-ring (bicyclic) bond motifs is 1. The summed E-state index contributed by atoms with van der Waals surface area (Å²) in [6.45, 7) is 4.36. The van der Waals surface area contributed by atoms with Crippen LogP contribution in [0.1, 0.15) is 28.9 Å². The van der Waals surface area contributed by atoms with E-state index in [0.29, 0.717) is 54.4 Å². The number of nitrogens with one attached hydrogen (secondary N) is 1. The van der Waals surface area contributed by atoms with Crippen molar-refractivity contribution in [3.05, 3.63) is 59.3 Å². The van der Waals surface area contributed by atoms with E-state index in [0.717, 1.165) is 12.1 Å². The summed E-state index contributed by atoms with van der Waals surface area (Å²) in [6.07, 6.45) is 1.62. The lowest BCUT2D eigenvalue weighted by atomic mass is 10.0. The fourth-order valence-electron chi connectivity index (χ4n) is 3.44. The third-order valence-electron chi connectivity index (χ3n) is 5.02. The Balaban J connectivity index is 1.75. The predicted octanol–water partition coefficient (Wildman–Crippen LogP) is 3.62. The van der Waals surface area contributed by atoms with Crippen LogP contribution in [0, 0.1) is 11.6 Å². The highest BCUT2D eigenvalue weighted by Crippen LogP contribution is 2.29. The van der Waals surface area contributed by atoms with Crippen molar-refractivity contribution in [2.45, 2.75) is 13.0 Å². The van der Waals surface area contributed by atoms with Gasteiger partial charge in [0.05, 0.1) is 42.0 Å². The van der Waals surface area contributed by atoms with Gasteiger partial charge < -0.3 is 20.1 Å². The molecule has 0 amide bonds. The quantitative estimate of drug-likeness (QED) is 0.659. The van der Waals surface area contributed by atoms with Crippen molar-refractivity contribution in [1.82, 2.24) is 9.97 Å². The summed E-state index contributed by atoms with van der Waals surface area (Å²) in [6, 6.07) is 6.07. The van der Waals surface area contributed by atoms with Crippen LogP contribution in [0.15, 0.2) is 36.5 Å². The number of carboxylic acid groups (broad SMARTS) is 1. The number of aromatic nitrogens is 2. The number of morpholine rings is 1. The van der Waals surface area contributed by atoms with Crippen molar-refractivity contribution >= 4 is 28.5 Å². The first-order chi connectivity index (χ1) is 14.4. The molecule has 0 saturated carbocycles. The minimum atomic E-state index is -1.09. The minimum absolute atomic E-state index is 0.0739. The first kappa shape index (κ1) is 20.0. The molecule has 1 fully saturated rings. The van der Waals surface area contributed by atoms with Crippen LogP contribution in [0.2, 0.25) is 0 Å². The molecule has 1 aliphatic rings. The molecular weight excluding hydrogens is 394 g/mol. The van der Waals surface area contributed by atoms with Crippen LogP contribution < -0.4 is 10.2 Å². The summed E-state index contributed by atoms with van der Waals surface area (Å²) >= 11 is 0. The zero-order valence-electron chi connectivity index (χ0n) is 16.2. The highest BCUT2D eigenvalue weighted by molar-refractivity contribution is 5.94. The molecule has 2 N–H and O–H groups in total. The first-order valence-electron chi connectivity index (χ1n) is 9.50. The molecule has 1 atom stereocenters. The molecule has 0 bridgehead atoms. The average Bonchev–Trinajstić information content (AvgIpc) is 2.75. The van der Waals surface area contributed by atoms with Crippen LogP contribution in [0.3, 0.4) is 0 Å². The Kier molecular flexibility index (Phi) is 5.45. The highest BCUT2D eigenvalue weighted by atomic mass is 19.2. The van der Waals surface area contributed by atoms with Crippen molar-refractivity contribution in [2.75, 3.05) is 36.5 Å². The number of rotatable bonds is 5. The molecule has 1 aromatic heterocycles. The standard InChI is InChI=1S/C21H20F2N4O3/c1-12(25-14-2-3-16(22)17(23)10-14)15-8-13(21(28)29)9-18-20(15)26-19(11-24-18)27-4-6-30-7-5-27/h2-3,8-12,25H,4-7H2,1H3,(H,28,29). The number of hydrogen-bond donors (Lipinski definition) is 2. The van der Waals surface area contributed by atoms with Gasteiger partial charge in [0.2, 0.25) is 0 Å². The van der Waals surface area contributed by atoms with Crippen LogP contribution >= 0.6 is 0 Å². The molecule has 4 rings (SSSR count). The van der Waals surface area contributed by atoms with Crippen molar-refractivity contribution in [2.24, 2.45) is 0 Å².